The second-order valence-electron chi connectivity index (χ2n) is 13.9. The number of nitrogens with zero attached hydrogens (tertiary/aromatic N) is 1. The highest BCUT2D eigenvalue weighted by Gasteiger charge is 2.41. The van der Waals surface area contributed by atoms with E-state index < -0.39 is 16.6 Å². The van der Waals surface area contributed by atoms with E-state index in [0.717, 1.165) is 42.2 Å². The smallest absolute Gasteiger partial charge is 0.277 e. The van der Waals surface area contributed by atoms with Gasteiger partial charge < -0.3 is 8.85 Å². The molecule has 3 rings (SSSR count). The summed E-state index contributed by atoms with van der Waals surface area (Å²) < 4.78 is 13.6. The van der Waals surface area contributed by atoms with Crippen LogP contribution in [0.15, 0.2) is 48.5 Å². The van der Waals surface area contributed by atoms with Crippen LogP contribution in [0.2, 0.25) is 36.3 Å². The van der Waals surface area contributed by atoms with Crippen LogP contribution in [0.5, 0.6) is 11.5 Å². The molecule has 0 atom stereocenters. The quantitative estimate of drug-likeness (QED) is 0.210. The fraction of sp³-hybridized carbons (Fsp3) is 0.581. The summed E-state index contributed by atoms with van der Waals surface area (Å²) in [6.07, 6.45) is 3.28. The minimum Gasteiger partial charge on any atom is -0.543 e. The lowest BCUT2D eigenvalue weighted by Crippen LogP contribution is -2.45. The number of hydroxylamine groups is 2. The molecule has 0 heterocycles. The summed E-state index contributed by atoms with van der Waals surface area (Å²) in [7, 11) is -4.07. The molecule has 0 unspecified atom stereocenters. The Hall–Kier alpha value is -2.10. The highest BCUT2D eigenvalue weighted by atomic mass is 28.4. The van der Waals surface area contributed by atoms with Crippen molar-refractivity contribution in [3.8, 4) is 11.5 Å². The Morgan fingerprint density at radius 2 is 1.34 bits per heavy atom. The normalized spacial score (nSPS) is 19.1. The highest BCUT2D eigenvalue weighted by Crippen LogP contribution is 2.45. The van der Waals surface area contributed by atoms with Crippen molar-refractivity contribution in [2.45, 2.75) is 115 Å². The molecule has 1 amide bonds. The minimum absolute atomic E-state index is 0.0768. The topological polar surface area (TPSA) is 59.0 Å². The average molecular weight is 556 g/mol. The molecule has 0 aliphatic heterocycles. The summed E-state index contributed by atoms with van der Waals surface area (Å²) in [5.41, 5.74) is 1.73. The highest BCUT2D eigenvalue weighted by molar-refractivity contribution is 6.75. The molecule has 0 saturated heterocycles. The molecule has 38 heavy (non-hydrogen) atoms. The molecule has 7 heteroatoms. The van der Waals surface area contributed by atoms with Crippen LogP contribution in [0.25, 0.3) is 0 Å². The molecule has 0 aromatic heterocycles. The van der Waals surface area contributed by atoms with E-state index >= 15 is 0 Å². The number of rotatable bonds is 7. The Morgan fingerprint density at radius 1 is 0.816 bits per heavy atom. The van der Waals surface area contributed by atoms with Gasteiger partial charge in [-0.1, -0.05) is 65.8 Å². The minimum atomic E-state index is -2.08. The molecule has 1 N–H and O–H groups in total. The monoisotopic (exact) mass is 555 g/mol. The van der Waals surface area contributed by atoms with Crippen molar-refractivity contribution in [3.63, 3.8) is 0 Å². The van der Waals surface area contributed by atoms with E-state index in [2.05, 4.69) is 85.9 Å². The fourth-order valence-electron chi connectivity index (χ4n) is 4.39. The van der Waals surface area contributed by atoms with Gasteiger partial charge in [0.25, 0.3) is 5.91 Å². The zero-order chi connectivity index (χ0) is 28.5. The maximum Gasteiger partial charge on any atom is 0.277 e. The van der Waals surface area contributed by atoms with Gasteiger partial charge in [-0.2, -0.15) is 0 Å². The maximum absolute atomic E-state index is 12.8. The van der Waals surface area contributed by atoms with Gasteiger partial charge in [0.15, 0.2) is 0 Å². The van der Waals surface area contributed by atoms with Crippen molar-refractivity contribution in [3.05, 3.63) is 59.7 Å². The first-order valence-electron chi connectivity index (χ1n) is 14.0. The van der Waals surface area contributed by atoms with Crippen molar-refractivity contribution < 1.29 is 18.9 Å². The van der Waals surface area contributed by atoms with Gasteiger partial charge in [0.05, 0.1) is 6.04 Å². The summed E-state index contributed by atoms with van der Waals surface area (Å²) >= 11 is 0. The lowest BCUT2D eigenvalue weighted by atomic mass is 9.81. The van der Waals surface area contributed by atoms with E-state index in [1.165, 1.54) is 5.56 Å². The predicted molar refractivity (Wildman–Crippen MR) is 161 cm³/mol. The Bertz CT molecular complexity index is 1100. The van der Waals surface area contributed by atoms with E-state index in [-0.39, 0.29) is 22.0 Å². The molecule has 2 aromatic carbocycles. The number of benzene rings is 2. The van der Waals surface area contributed by atoms with Crippen LogP contribution in [0.1, 0.15) is 89.1 Å². The second kappa shape index (κ2) is 11.2. The Morgan fingerprint density at radius 3 is 1.87 bits per heavy atom. The van der Waals surface area contributed by atoms with Gasteiger partial charge in [-0.3, -0.25) is 10.0 Å². The summed E-state index contributed by atoms with van der Waals surface area (Å²) in [5, 5.41) is 11.9. The third-order valence-electron chi connectivity index (χ3n) is 9.05. The second-order valence-corrected chi connectivity index (χ2v) is 23.4. The zero-order valence-corrected chi connectivity index (χ0v) is 27.2. The molecular formula is C31H49NO4Si2. The van der Waals surface area contributed by atoms with Crippen molar-refractivity contribution in [2.75, 3.05) is 0 Å². The first-order chi connectivity index (χ1) is 17.4. The molecule has 2 aromatic rings. The summed E-state index contributed by atoms with van der Waals surface area (Å²) in [4.78, 5) is 12.8. The van der Waals surface area contributed by atoms with Crippen molar-refractivity contribution in [1.29, 1.82) is 0 Å². The molecule has 1 fully saturated rings. The SMILES string of the molecule is CC(C)(C)[Si](C)(C)Oc1ccc(C2CCC(N(O)C(=O)c3ccccc3)CC2)c(O[Si](C)(C)C(C)(C)C)c1. The largest absolute Gasteiger partial charge is 0.543 e. The molecule has 5 nitrogen and oxygen atoms in total. The van der Waals surface area contributed by atoms with Crippen LogP contribution in [0.3, 0.4) is 0 Å². The number of amides is 1. The standard InChI is InChI=1S/C31H49NO4Si2/c1-30(2,3)37(7,8)35-26-20-21-27(28(22-26)36-38(9,10)31(4,5)6)23-16-18-25(19-17-23)32(34)29(33)24-14-12-11-13-15-24/h11-15,20-23,25,34H,16-19H2,1-10H3. The zero-order valence-electron chi connectivity index (χ0n) is 25.2. The predicted octanol–water partition coefficient (Wildman–Crippen LogP) is 9.01. The third kappa shape index (κ3) is 6.91. The maximum atomic E-state index is 12.8. The lowest BCUT2D eigenvalue weighted by Gasteiger charge is -2.39. The Kier molecular flexibility index (Phi) is 8.96. The lowest BCUT2D eigenvalue weighted by molar-refractivity contribution is -0.0974. The molecule has 1 aliphatic carbocycles. The van der Waals surface area contributed by atoms with Gasteiger partial charge in [0.1, 0.15) is 11.5 Å². The van der Waals surface area contributed by atoms with Crippen LogP contribution < -0.4 is 8.85 Å². The van der Waals surface area contributed by atoms with Gasteiger partial charge in [-0.25, -0.2) is 5.06 Å². The van der Waals surface area contributed by atoms with Gasteiger partial charge in [0, 0.05) is 11.6 Å². The summed E-state index contributed by atoms with van der Waals surface area (Å²) in [6, 6.07) is 15.3. The fourth-order valence-corrected chi connectivity index (χ4v) is 6.44. The first kappa shape index (κ1) is 30.4. The first-order valence-corrected chi connectivity index (χ1v) is 19.8. The van der Waals surface area contributed by atoms with Crippen LogP contribution in [0, 0.1) is 0 Å². The Labute approximate surface area is 232 Å². The van der Waals surface area contributed by atoms with Crippen LogP contribution in [-0.2, 0) is 0 Å². The molecule has 1 saturated carbocycles. The summed E-state index contributed by atoms with van der Waals surface area (Å²) in [6.45, 7) is 22.7. The van der Waals surface area contributed by atoms with Crippen LogP contribution in [0.4, 0.5) is 0 Å². The molecule has 0 spiro atoms. The van der Waals surface area contributed by atoms with E-state index in [4.69, 9.17) is 8.85 Å². The van der Waals surface area contributed by atoms with Crippen molar-refractivity contribution in [2.24, 2.45) is 0 Å². The van der Waals surface area contributed by atoms with E-state index in [0.29, 0.717) is 11.5 Å². The number of hydrogen-bond donors (Lipinski definition) is 1. The van der Waals surface area contributed by atoms with Crippen molar-refractivity contribution >= 4 is 22.5 Å². The number of hydrogen-bond acceptors (Lipinski definition) is 4. The van der Waals surface area contributed by atoms with E-state index in [1.54, 1.807) is 12.1 Å². The van der Waals surface area contributed by atoms with Gasteiger partial charge >= 0.3 is 0 Å². The van der Waals surface area contributed by atoms with Crippen LogP contribution >= 0.6 is 0 Å². The molecule has 1 aliphatic rings. The molecule has 210 valence electrons. The third-order valence-corrected chi connectivity index (χ3v) is 17.7. The van der Waals surface area contributed by atoms with Gasteiger partial charge in [-0.15, -0.1) is 0 Å². The summed E-state index contributed by atoms with van der Waals surface area (Å²) in [5.74, 6) is 1.81. The van der Waals surface area contributed by atoms with Crippen LogP contribution in [-0.4, -0.2) is 38.9 Å². The Balaban J connectivity index is 1.83. The van der Waals surface area contributed by atoms with Gasteiger partial charge in [-0.05, 0) is 91.6 Å². The molecule has 0 radical (unpaired) electrons. The number of carbonyl (C=O) groups excluding carboxylic acids is 1. The molecular weight excluding hydrogens is 507 g/mol. The van der Waals surface area contributed by atoms with E-state index in [9.17, 15) is 10.0 Å². The molecule has 0 bridgehead atoms. The number of carbonyl (C=O) groups is 1. The average Bonchev–Trinajstić information content (AvgIpc) is 2.82. The van der Waals surface area contributed by atoms with E-state index in [1.807, 2.05) is 18.2 Å². The van der Waals surface area contributed by atoms with Gasteiger partial charge in [0.2, 0.25) is 16.6 Å². The van der Waals surface area contributed by atoms with Crippen molar-refractivity contribution in [1.82, 2.24) is 5.06 Å².